The Balaban J connectivity index is 2.78. The number of pyridine rings is 1. The summed E-state index contributed by atoms with van der Waals surface area (Å²) in [6.45, 7) is 1.73. The Bertz CT molecular complexity index is 628. The van der Waals surface area contributed by atoms with Crippen LogP contribution in [0.1, 0.15) is 23.7 Å². The molecule has 0 atom stereocenters. The number of rotatable bonds is 3. The second-order valence-electron chi connectivity index (χ2n) is 3.69. The quantitative estimate of drug-likeness (QED) is 0.823. The van der Waals surface area contributed by atoms with E-state index >= 15 is 0 Å². The van der Waals surface area contributed by atoms with Crippen molar-refractivity contribution in [3.05, 3.63) is 40.2 Å². The lowest BCUT2D eigenvalue weighted by molar-refractivity contribution is 0.0987. The molecule has 4 nitrogen and oxygen atoms in total. The molecule has 1 N–H and O–H groups in total. The number of carbonyl (C=O) groups excluding carboxylic acids is 1. The smallest absolute Gasteiger partial charge is 0.200 e. The summed E-state index contributed by atoms with van der Waals surface area (Å²) in [5.41, 5.74) is 0.574. The van der Waals surface area contributed by atoms with Gasteiger partial charge < -0.3 is 9.72 Å². The molecule has 0 aliphatic carbocycles. The molecule has 2 aromatic rings. The summed E-state index contributed by atoms with van der Waals surface area (Å²) in [4.78, 5) is 26.6. The number of hydrogen-bond donors (Lipinski definition) is 1. The van der Waals surface area contributed by atoms with E-state index in [0.29, 0.717) is 23.1 Å². The van der Waals surface area contributed by atoms with E-state index in [1.807, 2.05) is 0 Å². The molecule has 0 radical (unpaired) electrons. The first-order valence-corrected chi connectivity index (χ1v) is 5.40. The van der Waals surface area contributed by atoms with Gasteiger partial charge >= 0.3 is 0 Å². The number of aromatic nitrogens is 1. The maximum Gasteiger partial charge on any atom is 0.200 e. The number of benzene rings is 1. The van der Waals surface area contributed by atoms with Crippen molar-refractivity contribution >= 4 is 16.7 Å². The Morgan fingerprint density at radius 2 is 2.18 bits per heavy atom. The molecule has 0 amide bonds. The summed E-state index contributed by atoms with van der Waals surface area (Å²) in [6.07, 6.45) is 1.78. The van der Waals surface area contributed by atoms with Crippen LogP contribution in [0.4, 0.5) is 0 Å². The fourth-order valence-corrected chi connectivity index (χ4v) is 1.79. The first kappa shape index (κ1) is 11.4. The van der Waals surface area contributed by atoms with Crippen LogP contribution < -0.4 is 10.2 Å². The zero-order valence-corrected chi connectivity index (χ0v) is 9.74. The molecule has 0 unspecified atom stereocenters. The van der Waals surface area contributed by atoms with E-state index in [9.17, 15) is 9.59 Å². The number of ketones is 1. The summed E-state index contributed by atoms with van der Waals surface area (Å²) in [5.74, 6) is 0.436. The summed E-state index contributed by atoms with van der Waals surface area (Å²) < 4.78 is 5.15. The van der Waals surface area contributed by atoms with Crippen LogP contribution in [-0.4, -0.2) is 17.9 Å². The van der Waals surface area contributed by atoms with Gasteiger partial charge in [0.1, 0.15) is 5.75 Å². The van der Waals surface area contributed by atoms with Gasteiger partial charge in [-0.25, -0.2) is 0 Å². The molecule has 2 rings (SSSR count). The largest absolute Gasteiger partial charge is 0.495 e. The molecule has 0 bridgehead atoms. The number of fused-ring (bicyclic) bond motifs is 1. The van der Waals surface area contributed by atoms with Crippen molar-refractivity contribution < 1.29 is 9.53 Å². The molecule has 0 fully saturated rings. The predicted octanol–water partition coefficient (Wildman–Crippen LogP) is 2.13. The van der Waals surface area contributed by atoms with Crippen molar-refractivity contribution in [3.63, 3.8) is 0 Å². The first-order chi connectivity index (χ1) is 8.19. The van der Waals surface area contributed by atoms with Gasteiger partial charge in [0, 0.05) is 12.6 Å². The minimum absolute atomic E-state index is 0.157. The summed E-state index contributed by atoms with van der Waals surface area (Å²) in [5, 5.41) is 0.476. The Morgan fingerprint density at radius 1 is 1.41 bits per heavy atom. The minimum atomic E-state index is -0.246. The molecule has 0 saturated carbocycles. The Hall–Kier alpha value is -2.10. The van der Waals surface area contributed by atoms with Crippen molar-refractivity contribution in [1.82, 2.24) is 4.98 Å². The standard InChI is InChI=1S/C13H13NO3/c1-3-10(15)9-7-14-12-8(13(9)16)5-4-6-11(12)17-2/h4-7H,3H2,1-2H3,(H,14,16). The zero-order valence-electron chi connectivity index (χ0n) is 9.74. The van der Waals surface area contributed by atoms with Gasteiger partial charge in [-0.05, 0) is 12.1 Å². The molecule has 0 aliphatic heterocycles. The third-order valence-electron chi connectivity index (χ3n) is 2.72. The normalized spacial score (nSPS) is 10.5. The van der Waals surface area contributed by atoms with Gasteiger partial charge in [0.2, 0.25) is 0 Å². The highest BCUT2D eigenvalue weighted by atomic mass is 16.5. The fraction of sp³-hybridized carbons (Fsp3) is 0.231. The van der Waals surface area contributed by atoms with Gasteiger partial charge in [-0.2, -0.15) is 0 Å². The average molecular weight is 231 g/mol. The number of ether oxygens (including phenoxy) is 1. The van der Waals surface area contributed by atoms with E-state index in [2.05, 4.69) is 4.98 Å². The van der Waals surface area contributed by atoms with Gasteiger partial charge in [-0.15, -0.1) is 0 Å². The topological polar surface area (TPSA) is 59.2 Å². The van der Waals surface area contributed by atoms with Crippen molar-refractivity contribution in [2.75, 3.05) is 7.11 Å². The van der Waals surface area contributed by atoms with Crippen LogP contribution in [0.25, 0.3) is 10.9 Å². The second kappa shape index (κ2) is 4.41. The molecule has 1 aromatic carbocycles. The Kier molecular flexibility index (Phi) is 2.95. The minimum Gasteiger partial charge on any atom is -0.495 e. The van der Waals surface area contributed by atoms with Crippen LogP contribution in [-0.2, 0) is 0 Å². The number of para-hydroxylation sites is 1. The van der Waals surface area contributed by atoms with Gasteiger partial charge in [0.15, 0.2) is 11.2 Å². The molecular formula is C13H13NO3. The number of H-pyrrole nitrogens is 1. The molecule has 0 spiro atoms. The van der Waals surface area contributed by atoms with Crippen LogP contribution >= 0.6 is 0 Å². The highest BCUT2D eigenvalue weighted by molar-refractivity contribution is 5.99. The number of hydrogen-bond acceptors (Lipinski definition) is 3. The van der Waals surface area contributed by atoms with E-state index < -0.39 is 0 Å². The number of aromatic amines is 1. The van der Waals surface area contributed by atoms with Crippen molar-refractivity contribution in [2.24, 2.45) is 0 Å². The summed E-state index contributed by atoms with van der Waals surface area (Å²) in [7, 11) is 1.54. The molecule has 88 valence electrons. The molecule has 4 heteroatoms. The van der Waals surface area contributed by atoms with E-state index in [4.69, 9.17) is 4.74 Å². The molecule has 1 aromatic heterocycles. The summed E-state index contributed by atoms with van der Waals surface area (Å²) >= 11 is 0. The van der Waals surface area contributed by atoms with Crippen molar-refractivity contribution in [2.45, 2.75) is 13.3 Å². The highest BCUT2D eigenvalue weighted by Crippen LogP contribution is 2.20. The van der Waals surface area contributed by atoms with Crippen LogP contribution in [0.3, 0.4) is 0 Å². The summed E-state index contributed by atoms with van der Waals surface area (Å²) in [6, 6.07) is 5.18. The van der Waals surface area contributed by atoms with E-state index in [-0.39, 0.29) is 16.8 Å². The third-order valence-corrected chi connectivity index (χ3v) is 2.72. The van der Waals surface area contributed by atoms with Crippen LogP contribution in [0.15, 0.2) is 29.2 Å². The maximum absolute atomic E-state index is 12.1. The fourth-order valence-electron chi connectivity index (χ4n) is 1.79. The lowest BCUT2D eigenvalue weighted by Crippen LogP contribution is -2.15. The number of Topliss-reactive ketones (excluding diaryl/α,β-unsaturated/α-hetero) is 1. The van der Waals surface area contributed by atoms with Gasteiger partial charge in [0.05, 0.1) is 23.6 Å². The van der Waals surface area contributed by atoms with Gasteiger partial charge in [-0.3, -0.25) is 9.59 Å². The molecule has 0 saturated heterocycles. The van der Waals surface area contributed by atoms with Crippen LogP contribution in [0.2, 0.25) is 0 Å². The molecular weight excluding hydrogens is 218 g/mol. The number of nitrogens with one attached hydrogen (secondary N) is 1. The molecule has 0 aliphatic rings. The lowest BCUT2D eigenvalue weighted by Gasteiger charge is -2.05. The molecule has 17 heavy (non-hydrogen) atoms. The molecule has 1 heterocycles. The highest BCUT2D eigenvalue weighted by Gasteiger charge is 2.12. The van der Waals surface area contributed by atoms with Gasteiger partial charge in [0.25, 0.3) is 0 Å². The third kappa shape index (κ3) is 1.82. The monoisotopic (exact) mass is 231 g/mol. The first-order valence-electron chi connectivity index (χ1n) is 5.40. The van der Waals surface area contributed by atoms with Gasteiger partial charge in [-0.1, -0.05) is 13.0 Å². The Morgan fingerprint density at radius 3 is 2.82 bits per heavy atom. The van der Waals surface area contributed by atoms with Crippen LogP contribution in [0.5, 0.6) is 5.75 Å². The SMILES string of the molecule is CCC(=O)c1c[nH]c2c(OC)cccc2c1=O. The second-order valence-corrected chi connectivity index (χ2v) is 3.69. The average Bonchev–Trinajstić information content (AvgIpc) is 2.38. The van der Waals surface area contributed by atoms with E-state index in [1.54, 1.807) is 25.1 Å². The van der Waals surface area contributed by atoms with E-state index in [1.165, 1.54) is 13.3 Å². The van der Waals surface area contributed by atoms with E-state index in [0.717, 1.165) is 0 Å². The zero-order chi connectivity index (χ0) is 12.4. The Labute approximate surface area is 98.2 Å². The van der Waals surface area contributed by atoms with Crippen molar-refractivity contribution in [3.8, 4) is 5.75 Å². The van der Waals surface area contributed by atoms with Crippen LogP contribution in [0, 0.1) is 0 Å². The predicted molar refractivity (Wildman–Crippen MR) is 65.7 cm³/mol. The number of carbonyl (C=O) groups is 1. The number of methoxy groups -OCH3 is 1. The lowest BCUT2D eigenvalue weighted by atomic mass is 10.1. The maximum atomic E-state index is 12.1. The van der Waals surface area contributed by atoms with Crippen molar-refractivity contribution in [1.29, 1.82) is 0 Å².